The molecule has 196 valence electrons. The highest BCUT2D eigenvalue weighted by Gasteiger charge is 2.27. The van der Waals surface area contributed by atoms with E-state index in [1.807, 2.05) is 0 Å². The number of fused-ring (bicyclic) bond motifs is 1. The molecule has 0 saturated carbocycles. The summed E-state index contributed by atoms with van der Waals surface area (Å²) in [5.74, 6) is -1.83. The first kappa shape index (κ1) is 26.6. The number of rotatable bonds is 10. The lowest BCUT2D eigenvalue weighted by atomic mass is 9.89. The van der Waals surface area contributed by atoms with Crippen molar-refractivity contribution < 1.29 is 38.0 Å². The molecule has 9 nitrogen and oxygen atoms in total. The van der Waals surface area contributed by atoms with Crippen molar-refractivity contribution in [1.82, 2.24) is 8.75 Å². The molecule has 4 aromatic rings. The van der Waals surface area contributed by atoms with Crippen LogP contribution in [-0.2, 0) is 11.2 Å². The van der Waals surface area contributed by atoms with Crippen LogP contribution in [0.2, 0.25) is 0 Å². The van der Waals surface area contributed by atoms with E-state index in [2.05, 4.69) is 8.75 Å². The minimum Gasteiger partial charge on any atom is -0.497 e. The third kappa shape index (κ3) is 5.14. The summed E-state index contributed by atoms with van der Waals surface area (Å²) in [5.41, 5.74) is 1.01. The van der Waals surface area contributed by atoms with Crippen LogP contribution < -0.4 is 18.9 Å². The highest BCUT2D eigenvalue weighted by molar-refractivity contribution is 7.00. The van der Waals surface area contributed by atoms with Crippen LogP contribution >= 0.6 is 11.7 Å². The van der Waals surface area contributed by atoms with E-state index in [4.69, 9.17) is 18.9 Å². The molecule has 0 amide bonds. The van der Waals surface area contributed by atoms with Crippen molar-refractivity contribution in [2.75, 3.05) is 28.4 Å². The minimum atomic E-state index is -1.36. The lowest BCUT2D eigenvalue weighted by Gasteiger charge is -2.17. The smallest absolute Gasteiger partial charge is 0.336 e. The molecule has 11 heteroatoms. The second kappa shape index (κ2) is 11.3. The zero-order chi connectivity index (χ0) is 27.4. The molecule has 1 N–H and O–H groups in total. The van der Waals surface area contributed by atoms with Crippen molar-refractivity contribution in [3.63, 3.8) is 0 Å². The molecule has 0 aliphatic rings. The van der Waals surface area contributed by atoms with Gasteiger partial charge in [-0.25, -0.2) is 9.18 Å². The Hall–Kier alpha value is -4.51. The number of methoxy groups -OCH3 is 4. The monoisotopic (exact) mass is 538 g/mol. The number of carboxylic acid groups (broad SMARTS) is 1. The zero-order valence-electron chi connectivity index (χ0n) is 20.9. The van der Waals surface area contributed by atoms with Crippen LogP contribution in [0.1, 0.15) is 21.5 Å². The first-order chi connectivity index (χ1) is 18.3. The fourth-order valence-electron chi connectivity index (χ4n) is 4.06. The van der Waals surface area contributed by atoms with Gasteiger partial charge in [0.1, 0.15) is 22.6 Å². The number of nitrogens with zero attached hydrogens (tertiary/aromatic N) is 2. The van der Waals surface area contributed by atoms with Gasteiger partial charge in [0, 0.05) is 18.1 Å². The van der Waals surface area contributed by atoms with Crippen LogP contribution in [0.3, 0.4) is 0 Å². The molecule has 1 aromatic heterocycles. The summed E-state index contributed by atoms with van der Waals surface area (Å²) in [7, 11) is 5.70. The van der Waals surface area contributed by atoms with E-state index in [0.717, 1.165) is 17.8 Å². The van der Waals surface area contributed by atoms with E-state index in [-0.39, 0.29) is 34.4 Å². The van der Waals surface area contributed by atoms with Gasteiger partial charge in [0.25, 0.3) is 0 Å². The molecule has 3 aromatic carbocycles. The molecule has 0 radical (unpaired) electrons. The number of aliphatic carboxylic acids is 1. The van der Waals surface area contributed by atoms with Crippen LogP contribution in [-0.4, -0.2) is 54.0 Å². The van der Waals surface area contributed by atoms with Gasteiger partial charge in [-0.05, 0) is 47.5 Å². The number of carboxylic acids is 1. The SMILES string of the molecule is COc1ccc(C(=O)/C(Cc2cc(OC)c(OC)c(OC)c2)=C(\C(=O)O)c2ccc3nsnc3c2)c(F)c1. The van der Waals surface area contributed by atoms with Gasteiger partial charge in [-0.2, -0.15) is 8.75 Å². The van der Waals surface area contributed by atoms with Crippen molar-refractivity contribution in [1.29, 1.82) is 0 Å². The Bertz CT molecular complexity index is 1540. The number of allylic oxidation sites excluding steroid dienone is 1. The van der Waals surface area contributed by atoms with Gasteiger partial charge in [-0.3, -0.25) is 4.79 Å². The molecular weight excluding hydrogens is 515 g/mol. The summed E-state index contributed by atoms with van der Waals surface area (Å²) in [6.07, 6.45) is -0.185. The molecule has 0 aliphatic heterocycles. The number of hydrogen-bond donors (Lipinski definition) is 1. The summed E-state index contributed by atoms with van der Waals surface area (Å²) in [5, 5.41) is 10.3. The highest BCUT2D eigenvalue weighted by atomic mass is 32.1. The molecular formula is C27H23FN2O7S. The Kier molecular flexibility index (Phi) is 7.87. The number of benzene rings is 3. The minimum absolute atomic E-state index is 0.154. The number of carbonyl (C=O) groups excluding carboxylic acids is 1. The third-order valence-electron chi connectivity index (χ3n) is 5.86. The van der Waals surface area contributed by atoms with Crippen LogP contribution in [0, 0.1) is 5.82 Å². The van der Waals surface area contributed by atoms with Gasteiger partial charge in [-0.1, -0.05) is 6.07 Å². The molecule has 38 heavy (non-hydrogen) atoms. The Balaban J connectivity index is 1.96. The average Bonchev–Trinajstić information content (AvgIpc) is 3.39. The number of Topliss-reactive ketones (excluding diaryl/α,β-unsaturated/α-hetero) is 1. The normalized spacial score (nSPS) is 11.6. The van der Waals surface area contributed by atoms with Crippen molar-refractivity contribution in [3.8, 4) is 23.0 Å². The maximum absolute atomic E-state index is 15.0. The van der Waals surface area contributed by atoms with Crippen molar-refractivity contribution in [2.45, 2.75) is 6.42 Å². The lowest BCUT2D eigenvalue weighted by molar-refractivity contribution is -0.130. The quantitative estimate of drug-likeness (QED) is 0.224. The summed E-state index contributed by atoms with van der Waals surface area (Å²) < 4.78 is 44.6. The van der Waals surface area contributed by atoms with E-state index in [1.165, 1.54) is 46.6 Å². The van der Waals surface area contributed by atoms with E-state index >= 15 is 4.39 Å². The second-order valence-corrected chi connectivity index (χ2v) is 8.54. The van der Waals surface area contributed by atoms with Crippen LogP contribution in [0.4, 0.5) is 4.39 Å². The number of halogens is 1. The fraction of sp³-hybridized carbons (Fsp3) is 0.185. The van der Waals surface area contributed by atoms with Gasteiger partial charge in [-0.15, -0.1) is 0 Å². The van der Waals surface area contributed by atoms with E-state index in [1.54, 1.807) is 24.3 Å². The molecule has 0 spiro atoms. The predicted octanol–water partition coefficient (Wildman–Crippen LogP) is 4.83. The summed E-state index contributed by atoms with van der Waals surface area (Å²) in [6.45, 7) is 0. The summed E-state index contributed by atoms with van der Waals surface area (Å²) in [6, 6.07) is 11.7. The van der Waals surface area contributed by atoms with Crippen LogP contribution in [0.15, 0.2) is 54.1 Å². The fourth-order valence-corrected chi connectivity index (χ4v) is 4.58. The van der Waals surface area contributed by atoms with Crippen LogP contribution in [0.5, 0.6) is 23.0 Å². The molecule has 0 aliphatic carbocycles. The molecule has 0 bridgehead atoms. The first-order valence-electron chi connectivity index (χ1n) is 11.2. The summed E-state index contributed by atoms with van der Waals surface area (Å²) in [4.78, 5) is 26.5. The zero-order valence-corrected chi connectivity index (χ0v) is 21.7. The van der Waals surface area contributed by atoms with Gasteiger partial charge in [0.2, 0.25) is 5.75 Å². The maximum Gasteiger partial charge on any atom is 0.336 e. The maximum atomic E-state index is 15.0. The van der Waals surface area contributed by atoms with Crippen molar-refractivity contribution in [3.05, 3.63) is 76.6 Å². The van der Waals surface area contributed by atoms with E-state index in [9.17, 15) is 14.7 Å². The molecule has 0 fully saturated rings. The van der Waals surface area contributed by atoms with Crippen LogP contribution in [0.25, 0.3) is 16.6 Å². The van der Waals surface area contributed by atoms with E-state index in [0.29, 0.717) is 33.8 Å². The predicted molar refractivity (Wildman–Crippen MR) is 139 cm³/mol. The van der Waals surface area contributed by atoms with Gasteiger partial charge >= 0.3 is 5.97 Å². The molecule has 0 atom stereocenters. The topological polar surface area (TPSA) is 117 Å². The Morgan fingerprint density at radius 2 is 1.55 bits per heavy atom. The van der Waals surface area contributed by atoms with Crippen molar-refractivity contribution in [2.24, 2.45) is 0 Å². The van der Waals surface area contributed by atoms with Gasteiger partial charge < -0.3 is 24.1 Å². The molecule has 0 saturated heterocycles. The number of ether oxygens (including phenoxy) is 4. The summed E-state index contributed by atoms with van der Waals surface area (Å²) >= 11 is 0.981. The highest BCUT2D eigenvalue weighted by Crippen LogP contribution is 2.39. The van der Waals surface area contributed by atoms with E-state index < -0.39 is 17.6 Å². The third-order valence-corrected chi connectivity index (χ3v) is 6.42. The molecule has 1 heterocycles. The van der Waals surface area contributed by atoms with Crippen molar-refractivity contribution >= 4 is 40.1 Å². The number of aromatic nitrogens is 2. The van der Waals surface area contributed by atoms with Gasteiger partial charge in [0.15, 0.2) is 17.3 Å². The first-order valence-corrected chi connectivity index (χ1v) is 11.9. The van der Waals surface area contributed by atoms with Gasteiger partial charge in [0.05, 0.1) is 51.3 Å². The second-order valence-electron chi connectivity index (χ2n) is 8.01. The standard InChI is InChI=1S/C27H23FN2O7S/c1-34-16-6-7-17(19(28)13-16)25(31)18(9-14-10-22(35-2)26(37-4)23(11-14)36-3)24(27(32)33)15-5-8-20-21(12-15)30-38-29-20/h5-8,10-13H,9H2,1-4H3,(H,32,33)/b24-18-. The number of carbonyl (C=O) groups is 2. The Morgan fingerprint density at radius 1 is 0.868 bits per heavy atom. The average molecular weight is 539 g/mol. The Labute approximate surface area is 221 Å². The lowest BCUT2D eigenvalue weighted by Crippen LogP contribution is -2.15. The Morgan fingerprint density at radius 3 is 2.13 bits per heavy atom. The number of ketones is 1. The largest absolute Gasteiger partial charge is 0.497 e. The molecule has 0 unspecified atom stereocenters. The number of hydrogen-bond acceptors (Lipinski definition) is 9. The molecule has 4 rings (SSSR count).